The molecule has 6 heteroatoms. The molecule has 1 heterocycles. The third-order valence-corrected chi connectivity index (χ3v) is 6.11. The molecule has 0 bridgehead atoms. The number of aromatic nitrogens is 1. The van der Waals surface area contributed by atoms with Crippen molar-refractivity contribution in [3.05, 3.63) is 83.2 Å². The molecule has 5 nitrogen and oxygen atoms in total. The minimum Gasteiger partial charge on any atom is -0.494 e. The SMILES string of the molecule is CCOCCn1c(=NC(=O)c2ccc(-c3ccccc3)cc2)sc2cc(OCC)ccc21. The first-order valence-electron chi connectivity index (χ1n) is 10.8. The van der Waals surface area contributed by atoms with Crippen LogP contribution < -0.4 is 9.54 Å². The maximum absolute atomic E-state index is 13.0. The van der Waals surface area contributed by atoms with Crippen LogP contribution >= 0.6 is 11.3 Å². The number of nitrogens with zero attached hydrogens (tertiary/aromatic N) is 2. The Bertz CT molecular complexity index is 1260. The molecule has 0 aliphatic heterocycles. The van der Waals surface area contributed by atoms with Gasteiger partial charge in [-0.15, -0.1) is 0 Å². The van der Waals surface area contributed by atoms with Gasteiger partial charge < -0.3 is 14.0 Å². The van der Waals surface area contributed by atoms with Crippen molar-refractivity contribution in [2.45, 2.75) is 20.4 Å². The minimum atomic E-state index is -0.258. The molecule has 0 saturated carbocycles. The molecule has 0 aliphatic rings. The fraction of sp³-hybridized carbons (Fsp3) is 0.231. The molecule has 0 N–H and O–H groups in total. The van der Waals surface area contributed by atoms with E-state index in [4.69, 9.17) is 9.47 Å². The molecule has 0 saturated heterocycles. The first-order valence-corrected chi connectivity index (χ1v) is 11.6. The summed E-state index contributed by atoms with van der Waals surface area (Å²) in [6, 6.07) is 23.6. The van der Waals surface area contributed by atoms with Gasteiger partial charge in [-0.25, -0.2) is 0 Å². The van der Waals surface area contributed by atoms with E-state index in [9.17, 15) is 4.79 Å². The highest BCUT2D eigenvalue weighted by Gasteiger charge is 2.11. The summed E-state index contributed by atoms with van der Waals surface area (Å²) in [6.45, 7) is 6.37. The number of carbonyl (C=O) groups excluding carboxylic acids is 1. The molecule has 0 spiro atoms. The highest BCUT2D eigenvalue weighted by molar-refractivity contribution is 7.16. The summed E-state index contributed by atoms with van der Waals surface area (Å²) < 4.78 is 14.3. The average molecular weight is 447 g/mol. The van der Waals surface area contributed by atoms with Crippen LogP contribution in [0.1, 0.15) is 24.2 Å². The fourth-order valence-electron chi connectivity index (χ4n) is 3.50. The number of fused-ring (bicyclic) bond motifs is 1. The van der Waals surface area contributed by atoms with Gasteiger partial charge >= 0.3 is 0 Å². The summed E-state index contributed by atoms with van der Waals surface area (Å²) in [5.74, 6) is 0.555. The van der Waals surface area contributed by atoms with Crippen LogP contribution in [0.3, 0.4) is 0 Å². The highest BCUT2D eigenvalue weighted by atomic mass is 32.1. The number of rotatable bonds is 8. The maximum Gasteiger partial charge on any atom is 0.279 e. The van der Waals surface area contributed by atoms with Gasteiger partial charge in [-0.05, 0) is 55.3 Å². The summed E-state index contributed by atoms with van der Waals surface area (Å²) >= 11 is 1.48. The Labute approximate surface area is 191 Å². The van der Waals surface area contributed by atoms with Crippen molar-refractivity contribution in [3.63, 3.8) is 0 Å². The summed E-state index contributed by atoms with van der Waals surface area (Å²) in [6.07, 6.45) is 0. The zero-order valence-electron chi connectivity index (χ0n) is 18.3. The second-order valence-corrected chi connectivity index (χ2v) is 8.17. The molecule has 0 aliphatic carbocycles. The molecule has 4 aromatic rings. The lowest BCUT2D eigenvalue weighted by Gasteiger charge is -2.06. The number of ether oxygens (including phenoxy) is 2. The van der Waals surface area contributed by atoms with Crippen LogP contribution in [0.4, 0.5) is 0 Å². The second kappa shape index (κ2) is 10.4. The molecule has 0 fully saturated rings. The van der Waals surface area contributed by atoms with Crippen molar-refractivity contribution in [3.8, 4) is 16.9 Å². The molecule has 0 unspecified atom stereocenters. The van der Waals surface area contributed by atoms with Crippen LogP contribution in [0.5, 0.6) is 5.75 Å². The van der Waals surface area contributed by atoms with Gasteiger partial charge in [0, 0.05) is 18.7 Å². The van der Waals surface area contributed by atoms with Gasteiger partial charge in [-0.1, -0.05) is 53.8 Å². The van der Waals surface area contributed by atoms with Crippen LogP contribution in [-0.2, 0) is 11.3 Å². The molecule has 164 valence electrons. The first-order chi connectivity index (χ1) is 15.7. The Kier molecular flexibility index (Phi) is 7.14. The van der Waals surface area contributed by atoms with Crippen molar-refractivity contribution in [2.75, 3.05) is 19.8 Å². The molecular weight excluding hydrogens is 420 g/mol. The number of thiazole rings is 1. The van der Waals surface area contributed by atoms with Crippen molar-refractivity contribution >= 4 is 27.5 Å². The van der Waals surface area contributed by atoms with E-state index in [1.807, 2.05) is 79.1 Å². The standard InChI is InChI=1S/C26H26N2O3S/c1-3-30-17-16-28-23-15-14-22(31-4-2)18-24(23)32-26(28)27-25(29)21-12-10-20(11-13-21)19-8-6-5-7-9-19/h5-15,18H,3-4,16-17H2,1-2H3. The predicted molar refractivity (Wildman–Crippen MR) is 129 cm³/mol. The topological polar surface area (TPSA) is 52.8 Å². The number of amides is 1. The van der Waals surface area contributed by atoms with Gasteiger partial charge in [-0.3, -0.25) is 4.79 Å². The van der Waals surface area contributed by atoms with E-state index in [-0.39, 0.29) is 5.91 Å². The predicted octanol–water partition coefficient (Wildman–Crippen LogP) is 5.55. The Balaban J connectivity index is 1.67. The van der Waals surface area contributed by atoms with Crippen LogP contribution in [0.15, 0.2) is 77.8 Å². The van der Waals surface area contributed by atoms with Gasteiger partial charge in [0.1, 0.15) is 5.75 Å². The van der Waals surface area contributed by atoms with Gasteiger partial charge in [0.15, 0.2) is 4.80 Å². The highest BCUT2D eigenvalue weighted by Crippen LogP contribution is 2.24. The van der Waals surface area contributed by atoms with Gasteiger partial charge in [0.2, 0.25) is 0 Å². The van der Waals surface area contributed by atoms with E-state index in [1.165, 1.54) is 11.3 Å². The van der Waals surface area contributed by atoms with E-state index < -0.39 is 0 Å². The van der Waals surface area contributed by atoms with Gasteiger partial charge in [0.25, 0.3) is 5.91 Å². The smallest absolute Gasteiger partial charge is 0.279 e. The van der Waals surface area contributed by atoms with E-state index in [0.29, 0.717) is 36.7 Å². The van der Waals surface area contributed by atoms with Crippen molar-refractivity contribution < 1.29 is 14.3 Å². The van der Waals surface area contributed by atoms with E-state index in [1.54, 1.807) is 0 Å². The van der Waals surface area contributed by atoms with E-state index >= 15 is 0 Å². The Hall–Kier alpha value is -3.22. The molecule has 0 radical (unpaired) electrons. The number of benzene rings is 3. The fourth-order valence-corrected chi connectivity index (χ4v) is 4.58. The van der Waals surface area contributed by atoms with E-state index in [0.717, 1.165) is 27.1 Å². The van der Waals surface area contributed by atoms with Crippen LogP contribution in [-0.4, -0.2) is 30.3 Å². The summed E-state index contributed by atoms with van der Waals surface area (Å²) in [5, 5.41) is 0. The minimum absolute atomic E-state index is 0.258. The first kappa shape index (κ1) is 22.0. The monoisotopic (exact) mass is 446 g/mol. The maximum atomic E-state index is 13.0. The average Bonchev–Trinajstić information content (AvgIpc) is 3.16. The van der Waals surface area contributed by atoms with Crippen molar-refractivity contribution in [1.82, 2.24) is 4.57 Å². The lowest BCUT2D eigenvalue weighted by molar-refractivity contribution is 0.0996. The van der Waals surface area contributed by atoms with Gasteiger partial charge in [0.05, 0.1) is 23.4 Å². The normalized spacial score (nSPS) is 11.8. The zero-order valence-corrected chi connectivity index (χ0v) is 19.1. The lowest BCUT2D eigenvalue weighted by atomic mass is 10.0. The second-order valence-electron chi connectivity index (χ2n) is 7.16. The molecule has 4 rings (SSSR count). The summed E-state index contributed by atoms with van der Waals surface area (Å²) in [4.78, 5) is 18.1. The van der Waals surface area contributed by atoms with Crippen LogP contribution in [0, 0.1) is 0 Å². The third kappa shape index (κ3) is 4.98. The summed E-state index contributed by atoms with van der Waals surface area (Å²) in [5.41, 5.74) is 3.77. The van der Waals surface area contributed by atoms with Gasteiger partial charge in [-0.2, -0.15) is 4.99 Å². The zero-order chi connectivity index (χ0) is 22.3. The Morgan fingerprint density at radius 2 is 1.69 bits per heavy atom. The number of hydrogen-bond acceptors (Lipinski definition) is 4. The largest absolute Gasteiger partial charge is 0.494 e. The quantitative estimate of drug-likeness (QED) is 0.334. The van der Waals surface area contributed by atoms with Crippen LogP contribution in [0.2, 0.25) is 0 Å². The number of carbonyl (C=O) groups is 1. The molecular formula is C26H26N2O3S. The molecule has 0 atom stereocenters. The summed E-state index contributed by atoms with van der Waals surface area (Å²) in [7, 11) is 0. The Morgan fingerprint density at radius 1 is 0.938 bits per heavy atom. The molecule has 32 heavy (non-hydrogen) atoms. The third-order valence-electron chi connectivity index (χ3n) is 5.06. The van der Waals surface area contributed by atoms with Crippen LogP contribution in [0.25, 0.3) is 21.3 Å². The molecule has 1 aromatic heterocycles. The molecule has 1 amide bonds. The number of hydrogen-bond donors (Lipinski definition) is 0. The van der Waals surface area contributed by atoms with Crippen molar-refractivity contribution in [2.24, 2.45) is 4.99 Å². The van der Waals surface area contributed by atoms with Crippen molar-refractivity contribution in [1.29, 1.82) is 0 Å². The molecule has 3 aromatic carbocycles. The Morgan fingerprint density at radius 3 is 2.41 bits per heavy atom. The van der Waals surface area contributed by atoms with E-state index in [2.05, 4.69) is 17.1 Å². The lowest BCUT2D eigenvalue weighted by Crippen LogP contribution is -2.19.